The Balaban J connectivity index is 2.41. The highest BCUT2D eigenvalue weighted by molar-refractivity contribution is 7.89. The fourth-order valence-corrected chi connectivity index (χ4v) is 4.07. The summed E-state index contributed by atoms with van der Waals surface area (Å²) in [7, 11) is -3.53. The summed E-state index contributed by atoms with van der Waals surface area (Å²) in [6, 6.07) is 6.81. The summed E-state index contributed by atoms with van der Waals surface area (Å²) in [5.74, 6) is 6.10. The summed E-state index contributed by atoms with van der Waals surface area (Å²) in [6.45, 7) is 4.63. The fraction of sp³-hybridized carbons (Fsp3) is 0.500. The molecule has 1 saturated carbocycles. The predicted molar refractivity (Wildman–Crippen MR) is 84.1 cm³/mol. The molecule has 114 valence electrons. The van der Waals surface area contributed by atoms with E-state index >= 15 is 0 Å². The number of rotatable bonds is 5. The Labute approximate surface area is 127 Å². The van der Waals surface area contributed by atoms with Gasteiger partial charge in [0, 0.05) is 18.2 Å². The molecule has 0 aliphatic heterocycles. The Kier molecular flexibility index (Phi) is 5.04. The molecule has 1 aliphatic rings. The maximum atomic E-state index is 12.9. The molecule has 5 heteroatoms. The average Bonchev–Trinajstić information content (AvgIpc) is 3.26. The molecule has 0 saturated heterocycles. The number of sulfonamides is 1. The average molecular weight is 306 g/mol. The van der Waals surface area contributed by atoms with E-state index < -0.39 is 10.0 Å². The molecule has 1 aromatic rings. The molecule has 0 aromatic heterocycles. The van der Waals surface area contributed by atoms with Crippen molar-refractivity contribution in [3.05, 3.63) is 29.8 Å². The third-order valence-corrected chi connectivity index (χ3v) is 5.61. The summed E-state index contributed by atoms with van der Waals surface area (Å²) >= 11 is 0. The zero-order valence-corrected chi connectivity index (χ0v) is 13.4. The highest BCUT2D eigenvalue weighted by atomic mass is 32.2. The van der Waals surface area contributed by atoms with Crippen molar-refractivity contribution >= 4 is 10.0 Å². The largest absolute Gasteiger partial charge is 0.320 e. The summed E-state index contributed by atoms with van der Waals surface area (Å²) in [6.07, 6.45) is 2.24. The van der Waals surface area contributed by atoms with E-state index in [1.807, 2.05) is 13.8 Å². The van der Waals surface area contributed by atoms with Gasteiger partial charge in [-0.15, -0.1) is 0 Å². The summed E-state index contributed by atoms with van der Waals surface area (Å²) in [4.78, 5) is 0.278. The van der Waals surface area contributed by atoms with Crippen molar-refractivity contribution in [2.45, 2.75) is 37.6 Å². The van der Waals surface area contributed by atoms with Crippen molar-refractivity contribution in [3.63, 3.8) is 0 Å². The van der Waals surface area contributed by atoms with Gasteiger partial charge in [-0.2, -0.15) is 4.31 Å². The van der Waals surface area contributed by atoms with E-state index in [0.717, 1.165) is 12.8 Å². The third kappa shape index (κ3) is 3.85. The van der Waals surface area contributed by atoms with Crippen LogP contribution >= 0.6 is 0 Å². The molecule has 4 nitrogen and oxygen atoms in total. The van der Waals surface area contributed by atoms with Crippen molar-refractivity contribution in [1.82, 2.24) is 4.31 Å². The number of hydrogen-bond donors (Lipinski definition) is 1. The predicted octanol–water partition coefficient (Wildman–Crippen LogP) is 1.81. The molecule has 0 unspecified atom stereocenters. The molecule has 0 heterocycles. The molecule has 2 N–H and O–H groups in total. The van der Waals surface area contributed by atoms with E-state index in [1.165, 1.54) is 0 Å². The molecular weight excluding hydrogens is 284 g/mol. The Morgan fingerprint density at radius 3 is 2.57 bits per heavy atom. The maximum Gasteiger partial charge on any atom is 0.244 e. The van der Waals surface area contributed by atoms with Gasteiger partial charge in [-0.3, -0.25) is 0 Å². The van der Waals surface area contributed by atoms with Gasteiger partial charge < -0.3 is 5.73 Å². The SMILES string of the molecule is CC(C)N(CC1CC1)S(=O)(=O)c1ccccc1C#CCN. The van der Waals surface area contributed by atoms with Crippen LogP contribution < -0.4 is 5.73 Å². The lowest BCUT2D eigenvalue weighted by atomic mass is 10.2. The van der Waals surface area contributed by atoms with Crippen LogP contribution in [-0.4, -0.2) is 31.9 Å². The van der Waals surface area contributed by atoms with Crippen LogP contribution in [0.4, 0.5) is 0 Å². The van der Waals surface area contributed by atoms with Crippen LogP contribution in [0.3, 0.4) is 0 Å². The van der Waals surface area contributed by atoms with Crippen molar-refractivity contribution in [3.8, 4) is 11.8 Å². The number of nitrogens with zero attached hydrogens (tertiary/aromatic N) is 1. The van der Waals surface area contributed by atoms with Crippen LogP contribution in [0.2, 0.25) is 0 Å². The lowest BCUT2D eigenvalue weighted by Crippen LogP contribution is -2.38. The van der Waals surface area contributed by atoms with Crippen molar-refractivity contribution < 1.29 is 8.42 Å². The van der Waals surface area contributed by atoms with E-state index in [0.29, 0.717) is 18.0 Å². The minimum Gasteiger partial charge on any atom is -0.320 e. The van der Waals surface area contributed by atoms with Crippen LogP contribution in [-0.2, 0) is 10.0 Å². The second kappa shape index (κ2) is 6.61. The molecule has 0 bridgehead atoms. The van der Waals surface area contributed by atoms with Crippen LogP contribution in [0.15, 0.2) is 29.2 Å². The van der Waals surface area contributed by atoms with Crippen molar-refractivity contribution in [2.75, 3.05) is 13.1 Å². The van der Waals surface area contributed by atoms with Crippen molar-refractivity contribution in [2.24, 2.45) is 11.7 Å². The van der Waals surface area contributed by atoms with Crippen LogP contribution in [0.5, 0.6) is 0 Å². The Morgan fingerprint density at radius 2 is 2.00 bits per heavy atom. The monoisotopic (exact) mass is 306 g/mol. The lowest BCUT2D eigenvalue weighted by molar-refractivity contribution is 0.341. The van der Waals surface area contributed by atoms with Gasteiger partial charge in [-0.05, 0) is 44.7 Å². The van der Waals surface area contributed by atoms with Gasteiger partial charge in [0.05, 0.1) is 11.4 Å². The van der Waals surface area contributed by atoms with Crippen molar-refractivity contribution in [1.29, 1.82) is 0 Å². The first-order valence-corrected chi connectivity index (χ1v) is 8.70. The molecule has 2 rings (SSSR count). The second-order valence-electron chi connectivity index (χ2n) is 5.61. The fourth-order valence-electron chi connectivity index (χ4n) is 2.21. The zero-order chi connectivity index (χ0) is 15.5. The minimum atomic E-state index is -3.53. The Bertz CT molecular complexity index is 652. The summed E-state index contributed by atoms with van der Waals surface area (Å²) in [5.41, 5.74) is 5.90. The number of hydrogen-bond acceptors (Lipinski definition) is 3. The topological polar surface area (TPSA) is 63.4 Å². The molecular formula is C16H22N2O2S. The molecule has 1 aliphatic carbocycles. The quantitative estimate of drug-likeness (QED) is 0.844. The molecule has 1 fully saturated rings. The number of nitrogens with two attached hydrogens (primary N) is 1. The standard InChI is InChI=1S/C16H22N2O2S/c1-13(2)18(12-14-9-10-14)21(19,20)16-8-4-3-6-15(16)7-5-11-17/h3-4,6,8,13-14H,9-12,17H2,1-2H3. The highest BCUT2D eigenvalue weighted by Crippen LogP contribution is 2.33. The number of benzene rings is 1. The minimum absolute atomic E-state index is 0.0638. The first-order chi connectivity index (χ1) is 9.96. The summed E-state index contributed by atoms with van der Waals surface area (Å²) < 4.78 is 27.5. The normalized spacial score (nSPS) is 15.1. The van der Waals surface area contributed by atoms with Crippen LogP contribution in [0, 0.1) is 17.8 Å². The van der Waals surface area contributed by atoms with Gasteiger partial charge in [-0.25, -0.2) is 8.42 Å². The van der Waals surface area contributed by atoms with Crippen LogP contribution in [0.1, 0.15) is 32.3 Å². The first kappa shape index (κ1) is 16.0. The van der Waals surface area contributed by atoms with Gasteiger partial charge in [0.15, 0.2) is 0 Å². The van der Waals surface area contributed by atoms with Crippen LogP contribution in [0.25, 0.3) is 0 Å². The van der Waals surface area contributed by atoms with Gasteiger partial charge in [0.2, 0.25) is 10.0 Å². The lowest BCUT2D eigenvalue weighted by Gasteiger charge is -2.26. The molecule has 0 spiro atoms. The summed E-state index contributed by atoms with van der Waals surface area (Å²) in [5, 5.41) is 0. The smallest absolute Gasteiger partial charge is 0.244 e. The van der Waals surface area contributed by atoms with Gasteiger partial charge in [0.1, 0.15) is 0 Å². The zero-order valence-electron chi connectivity index (χ0n) is 12.5. The van der Waals surface area contributed by atoms with Gasteiger partial charge in [-0.1, -0.05) is 24.0 Å². The van der Waals surface area contributed by atoms with E-state index in [-0.39, 0.29) is 17.5 Å². The third-order valence-electron chi connectivity index (χ3n) is 3.51. The molecule has 0 amide bonds. The molecule has 1 aromatic carbocycles. The molecule has 21 heavy (non-hydrogen) atoms. The second-order valence-corrected chi connectivity index (χ2v) is 7.47. The van der Waals surface area contributed by atoms with E-state index in [4.69, 9.17) is 5.73 Å². The maximum absolute atomic E-state index is 12.9. The molecule has 0 radical (unpaired) electrons. The van der Waals surface area contributed by atoms with E-state index in [1.54, 1.807) is 28.6 Å². The first-order valence-electron chi connectivity index (χ1n) is 7.26. The van der Waals surface area contributed by atoms with Gasteiger partial charge >= 0.3 is 0 Å². The Morgan fingerprint density at radius 1 is 1.33 bits per heavy atom. The highest BCUT2D eigenvalue weighted by Gasteiger charge is 2.34. The Hall–Kier alpha value is -1.35. The van der Waals surface area contributed by atoms with Gasteiger partial charge in [0.25, 0.3) is 0 Å². The van der Waals surface area contributed by atoms with E-state index in [9.17, 15) is 8.42 Å². The van der Waals surface area contributed by atoms with E-state index in [2.05, 4.69) is 11.8 Å². The molecule has 0 atom stereocenters.